The molecule has 0 saturated carbocycles. The molecule has 0 saturated heterocycles. The first-order chi connectivity index (χ1) is 11.2. The van der Waals surface area contributed by atoms with E-state index in [9.17, 15) is 4.79 Å². The fraction of sp³-hybridized carbons (Fsp3) is 0.400. The van der Waals surface area contributed by atoms with Crippen molar-refractivity contribution in [3.8, 4) is 5.82 Å². The van der Waals surface area contributed by atoms with Crippen LogP contribution in [0.15, 0.2) is 30.6 Å². The van der Waals surface area contributed by atoms with Crippen LogP contribution < -0.4 is 5.32 Å². The number of halogens is 1. The van der Waals surface area contributed by atoms with Gasteiger partial charge in [0.25, 0.3) is 0 Å². The lowest BCUT2D eigenvalue weighted by atomic mass is 10.3. The van der Waals surface area contributed by atoms with Gasteiger partial charge in [-0.2, -0.15) is 0 Å². The number of nitrogens with one attached hydrogen (secondary N) is 1. The predicted octanol–water partition coefficient (Wildman–Crippen LogP) is 2.55. The van der Waals surface area contributed by atoms with Gasteiger partial charge in [-0.25, -0.2) is 14.5 Å². The van der Waals surface area contributed by atoms with Crippen molar-refractivity contribution >= 4 is 23.4 Å². The molecule has 2 rings (SSSR count). The number of hydrogen-bond donors (Lipinski definition) is 2. The third kappa shape index (κ3) is 4.67. The van der Waals surface area contributed by atoms with Crippen LogP contribution in [0.3, 0.4) is 0 Å². The molecule has 0 bridgehead atoms. The Balaban J connectivity index is 2.05. The fourth-order valence-electron chi connectivity index (χ4n) is 2.03. The largest absolute Gasteiger partial charge is 0.395 e. The summed E-state index contributed by atoms with van der Waals surface area (Å²) in [5.74, 6) is 0.893. The Morgan fingerprint density at radius 1 is 1.43 bits per heavy atom. The number of amides is 2. The SMILES string of the molecule is CCCCN(CCO)C(=O)Nc1ccn(-c2ncccc2Cl)n1. The predicted molar refractivity (Wildman–Crippen MR) is 89.0 cm³/mol. The molecule has 8 heteroatoms. The average Bonchev–Trinajstić information content (AvgIpc) is 3.00. The van der Waals surface area contributed by atoms with E-state index in [1.54, 1.807) is 35.5 Å². The molecule has 2 aromatic heterocycles. The van der Waals surface area contributed by atoms with E-state index in [1.807, 2.05) is 6.92 Å². The van der Waals surface area contributed by atoms with E-state index in [-0.39, 0.29) is 12.6 Å². The van der Waals surface area contributed by atoms with Gasteiger partial charge in [0.1, 0.15) is 0 Å². The average molecular weight is 338 g/mol. The van der Waals surface area contributed by atoms with Crippen LogP contribution in [0, 0.1) is 0 Å². The quantitative estimate of drug-likeness (QED) is 0.813. The number of hydrogen-bond acceptors (Lipinski definition) is 4. The van der Waals surface area contributed by atoms with E-state index in [1.165, 1.54) is 4.68 Å². The molecule has 0 spiro atoms. The molecule has 2 N–H and O–H groups in total. The minimum Gasteiger partial charge on any atom is -0.395 e. The topological polar surface area (TPSA) is 83.3 Å². The fourth-order valence-corrected chi connectivity index (χ4v) is 2.24. The lowest BCUT2D eigenvalue weighted by molar-refractivity contribution is 0.187. The van der Waals surface area contributed by atoms with Gasteiger partial charge in [-0.05, 0) is 18.6 Å². The second kappa shape index (κ2) is 8.50. The van der Waals surface area contributed by atoms with Gasteiger partial charge in [-0.3, -0.25) is 5.32 Å². The Labute approximate surface area is 139 Å². The van der Waals surface area contributed by atoms with Gasteiger partial charge in [0, 0.05) is 31.5 Å². The molecule has 0 unspecified atom stereocenters. The van der Waals surface area contributed by atoms with Gasteiger partial charge in [0.15, 0.2) is 11.6 Å². The Kier molecular flexibility index (Phi) is 6.37. The number of aliphatic hydroxyl groups excluding tert-OH is 1. The van der Waals surface area contributed by atoms with Crippen LogP contribution in [0.1, 0.15) is 19.8 Å². The van der Waals surface area contributed by atoms with E-state index in [0.717, 1.165) is 12.8 Å². The van der Waals surface area contributed by atoms with Crippen LogP contribution in [0.2, 0.25) is 5.02 Å². The first-order valence-electron chi connectivity index (χ1n) is 7.49. The number of pyridine rings is 1. The number of carbonyl (C=O) groups excluding carboxylic acids is 1. The standard InChI is InChI=1S/C15H20ClN5O2/c1-2-3-8-20(10-11-22)15(23)18-13-6-9-21(19-13)14-12(16)5-4-7-17-14/h4-7,9,22H,2-3,8,10-11H2,1H3,(H,18,19,23). The van der Waals surface area contributed by atoms with Crippen molar-refractivity contribution in [3.63, 3.8) is 0 Å². The molecule has 0 aromatic carbocycles. The van der Waals surface area contributed by atoms with Gasteiger partial charge in [-0.15, -0.1) is 5.10 Å². The summed E-state index contributed by atoms with van der Waals surface area (Å²) in [6, 6.07) is 4.83. The summed E-state index contributed by atoms with van der Waals surface area (Å²) >= 11 is 6.08. The van der Waals surface area contributed by atoms with Crippen LogP contribution in [0.5, 0.6) is 0 Å². The van der Waals surface area contributed by atoms with Crippen molar-refractivity contribution < 1.29 is 9.90 Å². The lowest BCUT2D eigenvalue weighted by Crippen LogP contribution is -2.37. The Morgan fingerprint density at radius 2 is 2.26 bits per heavy atom. The maximum absolute atomic E-state index is 12.2. The highest BCUT2D eigenvalue weighted by molar-refractivity contribution is 6.32. The molecule has 0 aliphatic rings. The van der Waals surface area contributed by atoms with Crippen LogP contribution >= 0.6 is 11.6 Å². The number of aromatic nitrogens is 3. The van der Waals surface area contributed by atoms with E-state index in [2.05, 4.69) is 15.4 Å². The van der Waals surface area contributed by atoms with Crippen LogP contribution in [-0.2, 0) is 0 Å². The minimum atomic E-state index is -0.287. The number of anilines is 1. The Morgan fingerprint density at radius 3 is 2.96 bits per heavy atom. The molecule has 0 fully saturated rings. The van der Waals surface area contributed by atoms with Crippen LogP contribution in [0.4, 0.5) is 10.6 Å². The molecular weight excluding hydrogens is 318 g/mol. The molecule has 2 aromatic rings. The zero-order chi connectivity index (χ0) is 16.7. The summed E-state index contributed by atoms with van der Waals surface area (Å²) in [5, 5.41) is 16.5. The summed E-state index contributed by atoms with van der Waals surface area (Å²) in [5.41, 5.74) is 0. The molecule has 23 heavy (non-hydrogen) atoms. The number of rotatable bonds is 7. The Hall–Kier alpha value is -2.12. The van der Waals surface area contributed by atoms with E-state index >= 15 is 0 Å². The molecule has 2 amide bonds. The maximum atomic E-state index is 12.2. The van der Waals surface area contributed by atoms with Gasteiger partial charge in [0.05, 0.1) is 11.6 Å². The highest BCUT2D eigenvalue weighted by Crippen LogP contribution is 2.17. The number of unbranched alkanes of at least 4 members (excludes halogenated alkanes) is 1. The minimum absolute atomic E-state index is 0.0743. The van der Waals surface area contributed by atoms with Gasteiger partial charge in [0.2, 0.25) is 0 Å². The van der Waals surface area contributed by atoms with Crippen LogP contribution in [-0.4, -0.2) is 50.5 Å². The molecule has 0 radical (unpaired) electrons. The van der Waals surface area contributed by atoms with Crippen molar-refractivity contribution in [3.05, 3.63) is 35.6 Å². The first kappa shape index (κ1) is 17.2. The second-order valence-electron chi connectivity index (χ2n) is 4.95. The highest BCUT2D eigenvalue weighted by atomic mass is 35.5. The number of nitrogens with zero attached hydrogens (tertiary/aromatic N) is 4. The second-order valence-corrected chi connectivity index (χ2v) is 5.36. The Bertz CT molecular complexity index is 646. The highest BCUT2D eigenvalue weighted by Gasteiger charge is 2.14. The molecule has 7 nitrogen and oxygen atoms in total. The van der Waals surface area contributed by atoms with Crippen LogP contribution in [0.25, 0.3) is 5.82 Å². The molecule has 0 atom stereocenters. The molecule has 0 aliphatic heterocycles. The smallest absolute Gasteiger partial charge is 0.323 e. The summed E-state index contributed by atoms with van der Waals surface area (Å²) < 4.78 is 1.50. The zero-order valence-electron chi connectivity index (χ0n) is 12.9. The molecular formula is C15H20ClN5O2. The summed E-state index contributed by atoms with van der Waals surface area (Å²) in [6.45, 7) is 2.86. The summed E-state index contributed by atoms with van der Waals surface area (Å²) in [7, 11) is 0. The van der Waals surface area contributed by atoms with Crippen molar-refractivity contribution in [2.45, 2.75) is 19.8 Å². The molecule has 0 aliphatic carbocycles. The van der Waals surface area contributed by atoms with E-state index < -0.39 is 0 Å². The van der Waals surface area contributed by atoms with Gasteiger partial charge < -0.3 is 10.0 Å². The molecule has 2 heterocycles. The van der Waals surface area contributed by atoms with Crippen molar-refractivity contribution in [1.29, 1.82) is 0 Å². The van der Waals surface area contributed by atoms with Crippen molar-refractivity contribution in [2.75, 3.05) is 25.0 Å². The number of aliphatic hydroxyl groups is 1. The van der Waals surface area contributed by atoms with Gasteiger partial charge in [-0.1, -0.05) is 24.9 Å². The van der Waals surface area contributed by atoms with E-state index in [0.29, 0.717) is 29.7 Å². The number of carbonyl (C=O) groups is 1. The third-order valence-corrected chi connectivity index (χ3v) is 3.51. The van der Waals surface area contributed by atoms with Gasteiger partial charge >= 0.3 is 6.03 Å². The first-order valence-corrected chi connectivity index (χ1v) is 7.87. The third-order valence-electron chi connectivity index (χ3n) is 3.22. The van der Waals surface area contributed by atoms with E-state index in [4.69, 9.17) is 16.7 Å². The molecule has 124 valence electrons. The summed E-state index contributed by atoms with van der Waals surface area (Å²) in [4.78, 5) is 18.0. The number of urea groups is 1. The summed E-state index contributed by atoms with van der Waals surface area (Å²) in [6.07, 6.45) is 5.15. The maximum Gasteiger partial charge on any atom is 0.323 e. The normalized spacial score (nSPS) is 10.6. The lowest BCUT2D eigenvalue weighted by Gasteiger charge is -2.21. The monoisotopic (exact) mass is 337 g/mol. The van der Waals surface area contributed by atoms with Crippen molar-refractivity contribution in [1.82, 2.24) is 19.7 Å². The zero-order valence-corrected chi connectivity index (χ0v) is 13.7. The van der Waals surface area contributed by atoms with Crippen molar-refractivity contribution in [2.24, 2.45) is 0 Å².